The van der Waals surface area contributed by atoms with E-state index in [0.29, 0.717) is 22.5 Å². The lowest BCUT2D eigenvalue weighted by molar-refractivity contribution is -0.382. The van der Waals surface area contributed by atoms with Gasteiger partial charge in [0.1, 0.15) is 5.69 Å². The zero-order valence-corrected chi connectivity index (χ0v) is 11.9. The Hall–Kier alpha value is -2.21. The molecular weight excluding hydrogens is 268 g/mol. The molecule has 2 aromatic rings. The molecule has 2 N–H and O–H groups in total. The minimum absolute atomic E-state index is 0.108. The van der Waals surface area contributed by atoms with Crippen molar-refractivity contribution >= 4 is 22.3 Å². The minimum Gasteiger partial charge on any atom is -0.366 e. The zero-order valence-electron chi connectivity index (χ0n) is 11.9. The van der Waals surface area contributed by atoms with Crippen molar-refractivity contribution in [2.45, 2.75) is 19.4 Å². The number of nitrogens with two attached hydrogens (primary N) is 1. The van der Waals surface area contributed by atoms with Crippen molar-refractivity contribution in [2.24, 2.45) is 11.7 Å². The van der Waals surface area contributed by atoms with Gasteiger partial charge in [0.2, 0.25) is 0 Å². The number of hydrogen-bond donors (Lipinski definition) is 1. The van der Waals surface area contributed by atoms with E-state index in [4.69, 9.17) is 5.73 Å². The lowest BCUT2D eigenvalue weighted by Gasteiger charge is -2.20. The van der Waals surface area contributed by atoms with Crippen LogP contribution >= 0.6 is 0 Å². The topological polar surface area (TPSA) is 85.3 Å². The fourth-order valence-electron chi connectivity index (χ4n) is 3.01. The van der Waals surface area contributed by atoms with Crippen LogP contribution in [0.3, 0.4) is 0 Å². The molecule has 1 aromatic heterocycles. The largest absolute Gasteiger partial charge is 0.366 e. The van der Waals surface area contributed by atoms with E-state index in [9.17, 15) is 10.1 Å². The van der Waals surface area contributed by atoms with E-state index < -0.39 is 0 Å². The first kappa shape index (κ1) is 13.8. The van der Waals surface area contributed by atoms with Crippen molar-refractivity contribution in [3.63, 3.8) is 0 Å². The number of hydrogen-bond acceptors (Lipinski definition) is 5. The Labute approximate surface area is 122 Å². The number of nitro benzene ring substituents is 1. The molecule has 1 fully saturated rings. The van der Waals surface area contributed by atoms with Crippen LogP contribution in [0.15, 0.2) is 30.5 Å². The van der Waals surface area contributed by atoms with E-state index in [2.05, 4.69) is 9.88 Å². The first-order valence-corrected chi connectivity index (χ1v) is 7.10. The summed E-state index contributed by atoms with van der Waals surface area (Å²) in [5.74, 6) is 0.384. The molecule has 110 valence electrons. The van der Waals surface area contributed by atoms with Crippen molar-refractivity contribution in [2.75, 3.05) is 18.0 Å². The fraction of sp³-hybridized carbons (Fsp3) is 0.400. The molecule has 3 rings (SSSR count). The number of anilines is 1. The van der Waals surface area contributed by atoms with Crippen molar-refractivity contribution in [3.8, 4) is 0 Å². The van der Waals surface area contributed by atoms with Crippen LogP contribution in [-0.2, 0) is 0 Å². The summed E-state index contributed by atoms with van der Waals surface area (Å²) in [5, 5.41) is 12.1. The third-order valence-corrected chi connectivity index (χ3v) is 4.23. The Kier molecular flexibility index (Phi) is 3.47. The Morgan fingerprint density at radius 2 is 2.29 bits per heavy atom. The van der Waals surface area contributed by atoms with E-state index in [1.54, 1.807) is 24.4 Å². The Morgan fingerprint density at radius 1 is 1.48 bits per heavy atom. The molecular formula is C15H18N4O2. The van der Waals surface area contributed by atoms with E-state index in [-0.39, 0.29) is 16.7 Å². The molecule has 0 spiro atoms. The molecule has 0 bridgehead atoms. The van der Waals surface area contributed by atoms with Crippen LogP contribution < -0.4 is 10.6 Å². The fourth-order valence-corrected chi connectivity index (χ4v) is 3.01. The Balaban J connectivity index is 2.07. The molecule has 2 atom stereocenters. The molecule has 2 heterocycles. The second kappa shape index (κ2) is 5.29. The molecule has 0 aliphatic carbocycles. The molecule has 1 saturated heterocycles. The number of aromatic nitrogens is 1. The van der Waals surface area contributed by atoms with Gasteiger partial charge in [-0.15, -0.1) is 0 Å². The first-order chi connectivity index (χ1) is 10.1. The molecule has 0 radical (unpaired) electrons. The number of nitrogens with zero attached hydrogens (tertiary/aromatic N) is 3. The van der Waals surface area contributed by atoms with E-state index in [1.807, 2.05) is 13.0 Å². The minimum atomic E-state index is -0.307. The van der Waals surface area contributed by atoms with Gasteiger partial charge in [-0.05, 0) is 43.5 Å². The second-order valence-electron chi connectivity index (χ2n) is 5.61. The van der Waals surface area contributed by atoms with Gasteiger partial charge in [-0.1, -0.05) is 0 Å². The number of benzene rings is 1. The van der Waals surface area contributed by atoms with Crippen molar-refractivity contribution in [1.82, 2.24) is 4.98 Å². The van der Waals surface area contributed by atoms with Crippen LogP contribution in [0.1, 0.15) is 13.3 Å². The van der Waals surface area contributed by atoms with Gasteiger partial charge in [-0.25, -0.2) is 0 Å². The summed E-state index contributed by atoms with van der Waals surface area (Å²) in [4.78, 5) is 17.5. The lowest BCUT2D eigenvalue weighted by Crippen LogP contribution is -2.29. The lowest BCUT2D eigenvalue weighted by atomic mass is 10.0. The van der Waals surface area contributed by atoms with Crippen LogP contribution in [0.25, 0.3) is 10.9 Å². The molecule has 1 aliphatic rings. The van der Waals surface area contributed by atoms with Crippen LogP contribution in [-0.4, -0.2) is 29.0 Å². The zero-order chi connectivity index (χ0) is 15.0. The van der Waals surface area contributed by atoms with Gasteiger partial charge >= 0.3 is 5.69 Å². The molecule has 6 nitrogen and oxygen atoms in total. The van der Waals surface area contributed by atoms with Crippen LogP contribution in [0.5, 0.6) is 0 Å². The summed E-state index contributed by atoms with van der Waals surface area (Å²) in [6.07, 6.45) is 2.62. The van der Waals surface area contributed by atoms with Crippen molar-refractivity contribution in [1.29, 1.82) is 0 Å². The highest BCUT2D eigenvalue weighted by Gasteiger charge is 2.30. The van der Waals surface area contributed by atoms with Crippen LogP contribution in [0.4, 0.5) is 11.4 Å². The predicted molar refractivity (Wildman–Crippen MR) is 82.4 cm³/mol. The quantitative estimate of drug-likeness (QED) is 0.691. The van der Waals surface area contributed by atoms with Gasteiger partial charge < -0.3 is 10.6 Å². The molecule has 21 heavy (non-hydrogen) atoms. The summed E-state index contributed by atoms with van der Waals surface area (Å²) in [6.45, 7) is 3.57. The summed E-state index contributed by atoms with van der Waals surface area (Å²) in [6, 6.07) is 7.24. The van der Waals surface area contributed by atoms with Gasteiger partial charge in [-0.3, -0.25) is 15.1 Å². The normalized spacial score (nSPS) is 19.9. The maximum absolute atomic E-state index is 11.5. The molecule has 0 saturated carbocycles. The van der Waals surface area contributed by atoms with Gasteiger partial charge in [0.25, 0.3) is 0 Å². The number of nitro groups is 1. The smallest absolute Gasteiger partial charge is 0.301 e. The highest BCUT2D eigenvalue weighted by atomic mass is 16.6. The van der Waals surface area contributed by atoms with Gasteiger partial charge in [0.15, 0.2) is 0 Å². The standard InChI is InChI=1S/C15H18N4O2/c1-10(16)11-6-8-18(9-11)14-5-4-13-12(3-2-7-17-13)15(14)19(20)21/h2-5,7,10-11H,6,8-9,16H2,1H3. The summed E-state index contributed by atoms with van der Waals surface area (Å²) in [5.41, 5.74) is 7.42. The average Bonchev–Trinajstić information content (AvgIpc) is 2.95. The number of rotatable bonds is 3. The highest BCUT2D eigenvalue weighted by molar-refractivity contribution is 5.94. The van der Waals surface area contributed by atoms with Crippen LogP contribution in [0.2, 0.25) is 0 Å². The second-order valence-corrected chi connectivity index (χ2v) is 5.61. The van der Waals surface area contributed by atoms with Gasteiger partial charge in [0, 0.05) is 25.3 Å². The third-order valence-electron chi connectivity index (χ3n) is 4.23. The molecule has 0 amide bonds. The van der Waals surface area contributed by atoms with E-state index in [1.165, 1.54) is 0 Å². The maximum atomic E-state index is 11.5. The SMILES string of the molecule is CC(N)C1CCN(c2ccc3ncccc3c2[N+](=O)[O-])C1. The molecule has 1 aromatic carbocycles. The molecule has 6 heteroatoms. The number of pyridine rings is 1. The monoisotopic (exact) mass is 286 g/mol. The molecule has 2 unspecified atom stereocenters. The summed E-state index contributed by atoms with van der Waals surface area (Å²) in [7, 11) is 0. The van der Waals surface area contributed by atoms with E-state index in [0.717, 1.165) is 19.5 Å². The third kappa shape index (κ3) is 2.42. The van der Waals surface area contributed by atoms with Gasteiger partial charge in [-0.2, -0.15) is 0 Å². The summed E-state index contributed by atoms with van der Waals surface area (Å²) < 4.78 is 0. The average molecular weight is 286 g/mol. The maximum Gasteiger partial charge on any atom is 0.301 e. The van der Waals surface area contributed by atoms with Gasteiger partial charge in [0.05, 0.1) is 15.8 Å². The first-order valence-electron chi connectivity index (χ1n) is 7.10. The van der Waals surface area contributed by atoms with Crippen molar-refractivity contribution in [3.05, 3.63) is 40.6 Å². The van der Waals surface area contributed by atoms with E-state index >= 15 is 0 Å². The van der Waals surface area contributed by atoms with Crippen molar-refractivity contribution < 1.29 is 4.92 Å². The summed E-state index contributed by atoms with van der Waals surface area (Å²) >= 11 is 0. The highest BCUT2D eigenvalue weighted by Crippen LogP contribution is 2.37. The Morgan fingerprint density at radius 3 is 2.95 bits per heavy atom. The van der Waals surface area contributed by atoms with Crippen LogP contribution in [0, 0.1) is 16.0 Å². The molecule has 1 aliphatic heterocycles. The predicted octanol–water partition coefficient (Wildman–Crippen LogP) is 2.32. The number of fused-ring (bicyclic) bond motifs is 1. The Bertz CT molecular complexity index is 686.